The lowest BCUT2D eigenvalue weighted by Gasteiger charge is -2.42. The molecule has 0 saturated carbocycles. The minimum atomic E-state index is -2.60. The van der Waals surface area contributed by atoms with E-state index in [1.54, 1.807) is 0 Å². The van der Waals surface area contributed by atoms with E-state index < -0.39 is 17.9 Å². The molecular weight excluding hydrogens is 614 g/mol. The van der Waals surface area contributed by atoms with Crippen molar-refractivity contribution in [2.24, 2.45) is 0 Å². The standard InChI is InChI=1S/C42H79NO6/c1-5-7-9-11-13-15-17-19-21-23-25-27-29-31-33-35-37-48-39-40(42(46,47)43(4)41(3,44)45)49-38-36-34-32-30-28-26-24-22-20-18-16-14-12-10-8-6-2/h13-16,19-22,40,44-47H,5-12,17-18,23-39H2,1-4H3/b15-13-,16-14-,21-19-,22-20-. The van der Waals surface area contributed by atoms with E-state index in [9.17, 15) is 20.4 Å². The van der Waals surface area contributed by atoms with Crippen molar-refractivity contribution < 1.29 is 29.9 Å². The summed E-state index contributed by atoms with van der Waals surface area (Å²) in [6, 6.07) is 0. The Bertz CT molecular complexity index is 816. The second kappa shape index (κ2) is 33.8. The van der Waals surface area contributed by atoms with Crippen LogP contribution in [0.3, 0.4) is 0 Å². The first-order valence-electron chi connectivity index (χ1n) is 20.1. The molecule has 0 heterocycles. The van der Waals surface area contributed by atoms with Crippen LogP contribution in [0.15, 0.2) is 48.6 Å². The van der Waals surface area contributed by atoms with E-state index in [4.69, 9.17) is 9.47 Å². The molecule has 0 aliphatic heterocycles. The van der Waals surface area contributed by atoms with E-state index in [0.717, 1.165) is 71.1 Å². The Morgan fingerprint density at radius 1 is 0.510 bits per heavy atom. The van der Waals surface area contributed by atoms with Gasteiger partial charge in [-0.05, 0) is 84.1 Å². The Hall–Kier alpha value is -1.32. The predicted molar refractivity (Wildman–Crippen MR) is 207 cm³/mol. The van der Waals surface area contributed by atoms with Gasteiger partial charge in [0, 0.05) is 20.1 Å². The van der Waals surface area contributed by atoms with Crippen LogP contribution in [0.25, 0.3) is 0 Å². The van der Waals surface area contributed by atoms with Crippen molar-refractivity contribution in [3.8, 4) is 0 Å². The highest BCUT2D eigenvalue weighted by Gasteiger charge is 2.46. The number of allylic oxidation sites excluding steroid dienone is 8. The fraction of sp³-hybridized carbons (Fsp3) is 0.810. The SMILES string of the molecule is CCCCC/C=C\C/C=C\CCCCCCCCOCC(OCCCCCCCC/C=C\C/C=C\CCCCC)C(O)(O)N(C)C(C)(O)O. The average molecular weight is 694 g/mol. The fourth-order valence-electron chi connectivity index (χ4n) is 5.50. The Morgan fingerprint density at radius 3 is 1.29 bits per heavy atom. The summed E-state index contributed by atoms with van der Waals surface area (Å²) in [5.74, 6) is -5.03. The molecule has 0 aromatic rings. The maximum atomic E-state index is 10.8. The van der Waals surface area contributed by atoms with Crippen LogP contribution in [0.5, 0.6) is 0 Å². The van der Waals surface area contributed by atoms with Crippen LogP contribution < -0.4 is 0 Å². The molecule has 0 amide bonds. The van der Waals surface area contributed by atoms with Gasteiger partial charge in [-0.25, -0.2) is 4.90 Å². The maximum absolute atomic E-state index is 10.8. The third-order valence-electron chi connectivity index (χ3n) is 8.98. The third-order valence-corrected chi connectivity index (χ3v) is 8.98. The zero-order valence-electron chi connectivity index (χ0n) is 32.3. The highest BCUT2D eigenvalue weighted by molar-refractivity contribution is 4.93. The van der Waals surface area contributed by atoms with Gasteiger partial charge in [-0.3, -0.25) is 0 Å². The summed E-state index contributed by atoms with van der Waals surface area (Å²) in [6.45, 7) is 6.35. The number of rotatable bonds is 36. The zero-order chi connectivity index (χ0) is 36.3. The summed E-state index contributed by atoms with van der Waals surface area (Å²) < 4.78 is 11.7. The lowest BCUT2D eigenvalue weighted by atomic mass is 10.1. The van der Waals surface area contributed by atoms with Gasteiger partial charge in [-0.15, -0.1) is 0 Å². The van der Waals surface area contributed by atoms with Gasteiger partial charge in [0.15, 0.2) is 0 Å². The van der Waals surface area contributed by atoms with Crippen molar-refractivity contribution in [3.05, 3.63) is 48.6 Å². The molecule has 7 nitrogen and oxygen atoms in total. The smallest absolute Gasteiger partial charge is 0.258 e. The molecule has 0 aliphatic carbocycles. The lowest BCUT2D eigenvalue weighted by molar-refractivity contribution is -0.399. The van der Waals surface area contributed by atoms with E-state index in [-0.39, 0.29) is 6.61 Å². The van der Waals surface area contributed by atoms with Crippen LogP contribution in [0.2, 0.25) is 0 Å². The minimum absolute atomic E-state index is 0.0458. The molecule has 0 aromatic heterocycles. The largest absolute Gasteiger partial charge is 0.378 e. The van der Waals surface area contributed by atoms with Gasteiger partial charge in [0.25, 0.3) is 5.91 Å². The number of hydrogen-bond acceptors (Lipinski definition) is 7. The second-order valence-corrected chi connectivity index (χ2v) is 13.8. The summed E-state index contributed by atoms with van der Waals surface area (Å²) in [4.78, 5) is 0.687. The van der Waals surface area contributed by atoms with Gasteiger partial charge in [-0.1, -0.05) is 140 Å². The van der Waals surface area contributed by atoms with E-state index >= 15 is 0 Å². The van der Waals surface area contributed by atoms with Crippen molar-refractivity contribution in [1.82, 2.24) is 4.90 Å². The van der Waals surface area contributed by atoms with E-state index in [0.29, 0.717) is 18.1 Å². The number of ether oxygens (including phenoxy) is 2. The predicted octanol–water partition coefficient (Wildman–Crippen LogP) is 10.2. The first-order chi connectivity index (χ1) is 23.7. The first kappa shape index (κ1) is 47.7. The fourth-order valence-corrected chi connectivity index (χ4v) is 5.50. The van der Waals surface area contributed by atoms with Crippen molar-refractivity contribution in [1.29, 1.82) is 0 Å². The zero-order valence-corrected chi connectivity index (χ0v) is 32.3. The molecule has 288 valence electrons. The van der Waals surface area contributed by atoms with Crippen LogP contribution in [-0.4, -0.2) is 70.1 Å². The molecule has 0 fully saturated rings. The molecule has 0 radical (unpaired) electrons. The van der Waals surface area contributed by atoms with Crippen LogP contribution in [0, 0.1) is 0 Å². The van der Waals surface area contributed by atoms with Crippen molar-refractivity contribution in [2.75, 3.05) is 26.9 Å². The van der Waals surface area contributed by atoms with Crippen LogP contribution in [0.4, 0.5) is 0 Å². The molecule has 49 heavy (non-hydrogen) atoms. The Balaban J connectivity index is 4.12. The van der Waals surface area contributed by atoms with Crippen LogP contribution in [-0.2, 0) is 9.47 Å². The molecule has 4 N–H and O–H groups in total. The monoisotopic (exact) mass is 694 g/mol. The molecule has 0 bridgehead atoms. The highest BCUT2D eigenvalue weighted by atomic mass is 16.6. The first-order valence-corrected chi connectivity index (χ1v) is 20.1. The topological polar surface area (TPSA) is 103 Å². The quantitative estimate of drug-likeness (QED) is 0.0294. The lowest BCUT2D eigenvalue weighted by Crippen LogP contribution is -2.64. The van der Waals surface area contributed by atoms with Gasteiger partial charge in [0.2, 0.25) is 5.91 Å². The number of unbranched alkanes of at least 4 members (excludes halogenated alkanes) is 18. The van der Waals surface area contributed by atoms with Crippen molar-refractivity contribution in [2.45, 2.75) is 193 Å². The molecule has 0 rings (SSSR count). The Kier molecular flexibility index (Phi) is 32.9. The summed E-state index contributed by atoms with van der Waals surface area (Å²) in [5.41, 5.74) is 0. The summed E-state index contributed by atoms with van der Waals surface area (Å²) >= 11 is 0. The highest BCUT2D eigenvalue weighted by Crippen LogP contribution is 2.22. The van der Waals surface area contributed by atoms with Gasteiger partial charge >= 0.3 is 0 Å². The van der Waals surface area contributed by atoms with Gasteiger partial charge in [0.05, 0.1) is 6.61 Å². The normalized spacial score (nSPS) is 13.8. The van der Waals surface area contributed by atoms with E-state index in [2.05, 4.69) is 62.5 Å². The third kappa shape index (κ3) is 30.1. The molecule has 0 aromatic carbocycles. The minimum Gasteiger partial charge on any atom is -0.378 e. The molecule has 1 unspecified atom stereocenters. The average Bonchev–Trinajstić information content (AvgIpc) is 3.07. The van der Waals surface area contributed by atoms with Gasteiger partial charge in [-0.2, -0.15) is 0 Å². The summed E-state index contributed by atoms with van der Waals surface area (Å²) in [6.07, 6.45) is 44.9. The van der Waals surface area contributed by atoms with E-state index in [1.807, 2.05) is 0 Å². The summed E-state index contributed by atoms with van der Waals surface area (Å²) in [7, 11) is 1.24. The summed E-state index contributed by atoms with van der Waals surface area (Å²) in [5, 5.41) is 41.5. The molecular formula is C42H79NO6. The van der Waals surface area contributed by atoms with Gasteiger partial charge in [0.1, 0.15) is 6.10 Å². The Morgan fingerprint density at radius 2 is 0.878 bits per heavy atom. The van der Waals surface area contributed by atoms with Crippen LogP contribution in [0.1, 0.15) is 175 Å². The van der Waals surface area contributed by atoms with Gasteiger partial charge < -0.3 is 29.9 Å². The molecule has 1 atom stereocenters. The molecule has 0 aliphatic rings. The molecule has 0 spiro atoms. The second-order valence-electron chi connectivity index (χ2n) is 13.8. The van der Waals surface area contributed by atoms with Crippen LogP contribution >= 0.6 is 0 Å². The van der Waals surface area contributed by atoms with E-state index in [1.165, 1.54) is 96.9 Å². The number of hydrogen-bond donors (Lipinski definition) is 4. The molecule has 0 saturated heterocycles. The number of aliphatic hydroxyl groups is 4. The van der Waals surface area contributed by atoms with Crippen molar-refractivity contribution in [3.63, 3.8) is 0 Å². The van der Waals surface area contributed by atoms with Crippen molar-refractivity contribution >= 4 is 0 Å². The number of likely N-dealkylation sites (N-methyl/N-ethyl adjacent to an activating group) is 1. The molecule has 7 heteroatoms. The maximum Gasteiger partial charge on any atom is 0.258 e. The number of nitrogens with zero attached hydrogens (tertiary/aromatic N) is 1. The Labute approximate surface area is 302 Å².